The normalized spacial score (nSPS) is 56.3. The highest BCUT2D eigenvalue weighted by atomic mass is 16.8. The van der Waals surface area contributed by atoms with E-state index in [1.807, 2.05) is 6.92 Å². The summed E-state index contributed by atoms with van der Waals surface area (Å²) in [6, 6.07) is 0. The van der Waals surface area contributed by atoms with E-state index in [0.29, 0.717) is 18.9 Å². The second-order valence-electron chi connectivity index (χ2n) is 19.9. The second kappa shape index (κ2) is 15.5. The predicted octanol–water partition coefficient (Wildman–Crippen LogP) is 0.831. The minimum Gasteiger partial charge on any atom is -0.396 e. The maximum Gasteiger partial charge on any atom is 0.187 e. The molecule has 4 aliphatic carbocycles. The molecule has 7 aliphatic rings. The van der Waals surface area contributed by atoms with Crippen molar-refractivity contribution in [1.29, 1.82) is 0 Å². The highest BCUT2D eigenvalue weighted by Crippen LogP contribution is 2.75. The average molecular weight is 787 g/mol. The van der Waals surface area contributed by atoms with Crippen molar-refractivity contribution in [2.45, 2.75) is 172 Å². The molecule has 14 nitrogen and oxygen atoms in total. The Hall–Kier alpha value is -0.560. The Bertz CT molecular complexity index is 1330. The predicted molar refractivity (Wildman–Crippen MR) is 196 cm³/mol. The van der Waals surface area contributed by atoms with E-state index in [1.165, 1.54) is 0 Å². The summed E-state index contributed by atoms with van der Waals surface area (Å²) in [6.07, 6.45) is -5.32. The number of rotatable bonds is 8. The van der Waals surface area contributed by atoms with Crippen molar-refractivity contribution in [3.05, 3.63) is 0 Å². The Kier molecular flexibility index (Phi) is 12.0. The van der Waals surface area contributed by atoms with Gasteiger partial charge in [0.15, 0.2) is 12.6 Å². The Balaban J connectivity index is 1.08. The average Bonchev–Trinajstić information content (AvgIpc) is 3.17. The van der Waals surface area contributed by atoms with Gasteiger partial charge in [-0.1, -0.05) is 34.6 Å². The summed E-state index contributed by atoms with van der Waals surface area (Å²) in [7, 11) is 0. The van der Waals surface area contributed by atoms with Crippen LogP contribution in [-0.4, -0.2) is 153 Å². The third-order valence-electron chi connectivity index (χ3n) is 17.5. The molecule has 9 N–H and O–H groups in total. The SMILES string of the molecule is C[C@H](CO)[C@H]1CC[C@@]2(CC[C@]3(C)[C@H](CC[C@@H]4[C@@]5(C)CC[C@H](O[C@@H]6OC[C@@H](O)[C@H](O)[C@H]6O[C@@H]6O[C@H](CO)[C@@H](O)[C@H](O)[C@H]6O)[C@@](C)(CO)[C@@H]5CC[C@]43C)[C@H]2O)CO1. The van der Waals surface area contributed by atoms with Crippen LogP contribution in [0.3, 0.4) is 0 Å². The minimum atomic E-state index is -1.73. The first kappa shape index (κ1) is 42.6. The number of hydrogen-bond acceptors (Lipinski definition) is 14. The third kappa shape index (κ3) is 6.59. The molecule has 0 unspecified atom stereocenters. The van der Waals surface area contributed by atoms with Crippen LogP contribution < -0.4 is 0 Å². The van der Waals surface area contributed by atoms with Crippen LogP contribution in [0, 0.1) is 50.7 Å². The zero-order valence-corrected chi connectivity index (χ0v) is 33.4. The molecule has 0 aromatic rings. The Morgan fingerprint density at radius 1 is 0.691 bits per heavy atom. The number of aliphatic hydroxyl groups excluding tert-OH is 9. The van der Waals surface area contributed by atoms with Gasteiger partial charge in [-0.25, -0.2) is 0 Å². The molecule has 3 aliphatic heterocycles. The molecule has 0 aromatic heterocycles. The molecular formula is C41H70O14. The monoisotopic (exact) mass is 786 g/mol. The van der Waals surface area contributed by atoms with E-state index in [-0.39, 0.29) is 65.3 Å². The van der Waals surface area contributed by atoms with Gasteiger partial charge in [0.2, 0.25) is 0 Å². The first-order valence-electron chi connectivity index (χ1n) is 21.0. The molecule has 7 rings (SSSR count). The lowest BCUT2D eigenvalue weighted by atomic mass is 9.33. The van der Waals surface area contributed by atoms with Gasteiger partial charge >= 0.3 is 0 Å². The summed E-state index contributed by atoms with van der Waals surface area (Å²) < 4.78 is 30.5. The molecule has 14 heteroatoms. The van der Waals surface area contributed by atoms with Gasteiger partial charge in [-0.05, 0) is 98.2 Å². The summed E-state index contributed by atoms with van der Waals surface area (Å²) in [6.45, 7) is 11.0. The van der Waals surface area contributed by atoms with Crippen LogP contribution in [0.25, 0.3) is 0 Å². The largest absolute Gasteiger partial charge is 0.396 e. The molecule has 1 spiro atoms. The van der Waals surface area contributed by atoms with Crippen molar-refractivity contribution < 1.29 is 69.6 Å². The quantitative estimate of drug-likeness (QED) is 0.156. The summed E-state index contributed by atoms with van der Waals surface area (Å²) in [5, 5.41) is 95.9. The fourth-order valence-electron chi connectivity index (χ4n) is 13.6. The molecule has 4 saturated carbocycles. The van der Waals surface area contributed by atoms with E-state index in [9.17, 15) is 46.0 Å². The molecule has 0 bridgehead atoms. The van der Waals surface area contributed by atoms with Gasteiger partial charge in [-0.2, -0.15) is 0 Å². The topological polar surface area (TPSA) is 228 Å². The molecule has 21 atom stereocenters. The van der Waals surface area contributed by atoms with E-state index in [4.69, 9.17) is 23.7 Å². The van der Waals surface area contributed by atoms with Crippen LogP contribution >= 0.6 is 0 Å². The zero-order valence-electron chi connectivity index (χ0n) is 33.4. The van der Waals surface area contributed by atoms with Crippen LogP contribution in [0.5, 0.6) is 0 Å². The summed E-state index contributed by atoms with van der Waals surface area (Å²) in [4.78, 5) is 0. The molecule has 0 aromatic carbocycles. The van der Waals surface area contributed by atoms with Crippen molar-refractivity contribution in [1.82, 2.24) is 0 Å². The van der Waals surface area contributed by atoms with Crippen molar-refractivity contribution >= 4 is 0 Å². The Labute approximate surface area is 325 Å². The van der Waals surface area contributed by atoms with Crippen molar-refractivity contribution in [3.8, 4) is 0 Å². The van der Waals surface area contributed by atoms with Gasteiger partial charge < -0.3 is 69.6 Å². The molecule has 55 heavy (non-hydrogen) atoms. The molecule has 0 amide bonds. The van der Waals surface area contributed by atoms with Crippen LogP contribution in [0.2, 0.25) is 0 Å². The minimum absolute atomic E-state index is 0.0294. The Morgan fingerprint density at radius 2 is 1.44 bits per heavy atom. The zero-order chi connectivity index (χ0) is 39.9. The number of fused-ring (bicyclic) bond motifs is 5. The fraction of sp³-hybridized carbons (Fsp3) is 1.00. The lowest BCUT2D eigenvalue weighted by Gasteiger charge is -2.73. The van der Waals surface area contributed by atoms with E-state index in [2.05, 4.69) is 27.7 Å². The fourth-order valence-corrected chi connectivity index (χ4v) is 13.6. The molecule has 0 radical (unpaired) electrons. The number of aliphatic hydroxyl groups is 9. The van der Waals surface area contributed by atoms with Crippen LogP contribution in [0.4, 0.5) is 0 Å². The van der Waals surface area contributed by atoms with Crippen molar-refractivity contribution in [3.63, 3.8) is 0 Å². The third-order valence-corrected chi connectivity index (χ3v) is 17.5. The maximum absolute atomic E-state index is 12.3. The number of hydrogen-bond donors (Lipinski definition) is 9. The van der Waals surface area contributed by atoms with Gasteiger partial charge in [-0.15, -0.1) is 0 Å². The standard InChI is InChI=1S/C41H70O14/c1-21(16-42)24-8-13-41(20-52-24)15-14-39(4)22(34(41)50)6-7-27-37(2)11-10-28(38(3,19-44)26(37)9-12-40(27,39)5)54-36-33(29(46)23(45)18-51-36)55-35-32(49)31(48)30(47)25(17-43)53-35/h21-36,42-50H,6-20H2,1-5H3/t21-,22-,23-,24-,25-,26-,27-,28+,29+,30-,31+,32-,33-,34-,35+,36+,37+,38+,39-,40-,41-/m1/s1. The van der Waals surface area contributed by atoms with E-state index in [0.717, 1.165) is 57.8 Å². The van der Waals surface area contributed by atoms with Gasteiger partial charge in [0.05, 0.1) is 44.7 Å². The first-order chi connectivity index (χ1) is 25.9. The lowest BCUT2D eigenvalue weighted by Crippen LogP contribution is -2.69. The first-order valence-corrected chi connectivity index (χ1v) is 21.0. The maximum atomic E-state index is 12.3. The van der Waals surface area contributed by atoms with Crippen molar-refractivity contribution in [2.75, 3.05) is 33.0 Å². The highest BCUT2D eigenvalue weighted by molar-refractivity contribution is 5.19. The second-order valence-corrected chi connectivity index (χ2v) is 19.9. The van der Waals surface area contributed by atoms with E-state index >= 15 is 0 Å². The van der Waals surface area contributed by atoms with Gasteiger partial charge in [0, 0.05) is 23.4 Å². The Morgan fingerprint density at radius 3 is 2.09 bits per heavy atom. The molecular weight excluding hydrogens is 716 g/mol. The molecule has 3 saturated heterocycles. The molecule has 7 fully saturated rings. The van der Waals surface area contributed by atoms with E-state index in [1.54, 1.807) is 0 Å². The molecule has 3 heterocycles. The molecule has 318 valence electrons. The van der Waals surface area contributed by atoms with Crippen LogP contribution in [0.1, 0.15) is 98.8 Å². The smallest absolute Gasteiger partial charge is 0.187 e. The number of ether oxygens (including phenoxy) is 5. The van der Waals surface area contributed by atoms with Gasteiger partial charge in [0.1, 0.15) is 42.7 Å². The van der Waals surface area contributed by atoms with Gasteiger partial charge in [0.25, 0.3) is 0 Å². The summed E-state index contributed by atoms with van der Waals surface area (Å²) in [5.41, 5.74) is -1.19. The van der Waals surface area contributed by atoms with E-state index < -0.39 is 79.5 Å². The van der Waals surface area contributed by atoms with Crippen LogP contribution in [-0.2, 0) is 23.7 Å². The van der Waals surface area contributed by atoms with Crippen LogP contribution in [0.15, 0.2) is 0 Å². The lowest BCUT2D eigenvalue weighted by molar-refractivity contribution is -0.368. The highest BCUT2D eigenvalue weighted by Gasteiger charge is 2.70. The van der Waals surface area contributed by atoms with Crippen molar-refractivity contribution in [2.24, 2.45) is 50.7 Å². The summed E-state index contributed by atoms with van der Waals surface area (Å²) >= 11 is 0. The summed E-state index contributed by atoms with van der Waals surface area (Å²) in [5.74, 6) is 0.686. The van der Waals surface area contributed by atoms with Gasteiger partial charge in [-0.3, -0.25) is 0 Å².